The van der Waals surface area contributed by atoms with Crippen LogP contribution in [0.5, 0.6) is 5.75 Å². The molecule has 11 nitrogen and oxygen atoms in total. The van der Waals surface area contributed by atoms with Gasteiger partial charge in [0.05, 0.1) is 23.8 Å². The van der Waals surface area contributed by atoms with E-state index >= 15 is 0 Å². The molecule has 1 spiro atoms. The highest BCUT2D eigenvalue weighted by atomic mass is 35.5. The molecule has 12 heteroatoms. The fourth-order valence-electron chi connectivity index (χ4n) is 6.97. The maximum absolute atomic E-state index is 14.3. The number of ether oxygens (including phenoxy) is 1. The van der Waals surface area contributed by atoms with Crippen LogP contribution in [0.3, 0.4) is 0 Å². The van der Waals surface area contributed by atoms with E-state index in [0.717, 1.165) is 55.1 Å². The molecule has 2 aromatic rings. The van der Waals surface area contributed by atoms with E-state index in [2.05, 4.69) is 14.8 Å². The van der Waals surface area contributed by atoms with Crippen LogP contribution in [0.25, 0.3) is 0 Å². The van der Waals surface area contributed by atoms with Crippen molar-refractivity contribution in [2.45, 2.75) is 38.0 Å². The number of aromatic nitrogens is 2. The number of methoxy groups -OCH3 is 1. The fourth-order valence-corrected chi connectivity index (χ4v) is 7.30. The SMILES string of the molecule is COc1ccc(Cl)c2c1N(CCN1CCN(C(C)=O)CC1)C(=O)C21CCN(c2nc3c(c(=O)[nH]2)CCCN3C)CC1. The smallest absolute Gasteiger partial charge is 0.257 e. The van der Waals surface area contributed by atoms with Gasteiger partial charge in [-0.05, 0) is 37.8 Å². The summed E-state index contributed by atoms with van der Waals surface area (Å²) >= 11 is 6.85. The summed E-state index contributed by atoms with van der Waals surface area (Å²) in [6, 6.07) is 3.66. The molecule has 220 valence electrons. The number of rotatable bonds is 5. The van der Waals surface area contributed by atoms with Crippen molar-refractivity contribution in [2.75, 3.05) is 87.8 Å². The van der Waals surface area contributed by atoms with Gasteiger partial charge in [-0.2, -0.15) is 4.98 Å². The van der Waals surface area contributed by atoms with Gasteiger partial charge in [0.25, 0.3) is 5.56 Å². The predicted molar refractivity (Wildman–Crippen MR) is 159 cm³/mol. The number of anilines is 3. The third kappa shape index (κ3) is 4.72. The van der Waals surface area contributed by atoms with Gasteiger partial charge >= 0.3 is 0 Å². The number of hydrogen-bond donors (Lipinski definition) is 1. The second-order valence-electron chi connectivity index (χ2n) is 11.6. The van der Waals surface area contributed by atoms with Crippen LogP contribution in [0.4, 0.5) is 17.5 Å². The van der Waals surface area contributed by atoms with Gasteiger partial charge in [-0.15, -0.1) is 0 Å². The Hall–Kier alpha value is -3.31. The van der Waals surface area contributed by atoms with Crippen molar-refractivity contribution in [1.29, 1.82) is 0 Å². The lowest BCUT2D eigenvalue weighted by atomic mass is 9.73. The summed E-state index contributed by atoms with van der Waals surface area (Å²) in [6.07, 6.45) is 2.78. The summed E-state index contributed by atoms with van der Waals surface area (Å²) in [6.45, 7) is 7.77. The molecule has 0 bridgehead atoms. The number of carbonyl (C=O) groups is 2. The summed E-state index contributed by atoms with van der Waals surface area (Å²) in [4.78, 5) is 57.0. The minimum atomic E-state index is -0.768. The summed E-state index contributed by atoms with van der Waals surface area (Å²) in [7, 11) is 3.59. The molecule has 0 saturated carbocycles. The van der Waals surface area contributed by atoms with Gasteiger partial charge in [0.15, 0.2) is 0 Å². The molecule has 0 unspecified atom stereocenters. The maximum atomic E-state index is 14.3. The Morgan fingerprint density at radius 3 is 2.49 bits per heavy atom. The number of amides is 2. The Labute approximate surface area is 245 Å². The van der Waals surface area contributed by atoms with Gasteiger partial charge in [0.2, 0.25) is 17.8 Å². The van der Waals surface area contributed by atoms with Crippen LogP contribution in [0.15, 0.2) is 16.9 Å². The maximum Gasteiger partial charge on any atom is 0.257 e. The number of hydrogen-bond acceptors (Lipinski definition) is 8. The van der Waals surface area contributed by atoms with Gasteiger partial charge in [-0.3, -0.25) is 24.3 Å². The molecule has 1 N–H and O–H groups in total. The van der Waals surface area contributed by atoms with Crippen LogP contribution >= 0.6 is 11.6 Å². The number of nitrogens with zero attached hydrogens (tertiary/aromatic N) is 6. The van der Waals surface area contributed by atoms with Crippen molar-refractivity contribution >= 4 is 40.9 Å². The lowest BCUT2D eigenvalue weighted by molar-refractivity contribution is -0.130. The van der Waals surface area contributed by atoms with Gasteiger partial charge in [0.1, 0.15) is 11.6 Å². The summed E-state index contributed by atoms with van der Waals surface area (Å²) in [5, 5.41) is 0.571. The van der Waals surface area contributed by atoms with Crippen LogP contribution < -0.4 is 25.0 Å². The van der Waals surface area contributed by atoms with E-state index in [9.17, 15) is 14.4 Å². The minimum Gasteiger partial charge on any atom is -0.495 e. The molecule has 0 aliphatic carbocycles. The van der Waals surface area contributed by atoms with Crippen LogP contribution in [-0.4, -0.2) is 105 Å². The van der Waals surface area contributed by atoms with Crippen molar-refractivity contribution in [3.63, 3.8) is 0 Å². The van der Waals surface area contributed by atoms with Crippen LogP contribution in [0.2, 0.25) is 5.02 Å². The van der Waals surface area contributed by atoms with Crippen molar-refractivity contribution in [1.82, 2.24) is 19.8 Å². The molecule has 2 fully saturated rings. The molecule has 4 aliphatic rings. The highest BCUT2D eigenvalue weighted by Gasteiger charge is 2.54. The predicted octanol–water partition coefficient (Wildman–Crippen LogP) is 1.86. The van der Waals surface area contributed by atoms with Crippen LogP contribution in [0.1, 0.15) is 37.3 Å². The Bertz CT molecular complexity index is 1410. The monoisotopic (exact) mass is 583 g/mol. The number of carbonyl (C=O) groups excluding carboxylic acids is 2. The first-order valence-electron chi connectivity index (χ1n) is 14.5. The second kappa shape index (κ2) is 10.8. The van der Waals surface area contributed by atoms with Gasteiger partial charge in [-0.25, -0.2) is 0 Å². The number of fused-ring (bicyclic) bond motifs is 3. The first kappa shape index (κ1) is 27.8. The third-order valence-corrected chi connectivity index (χ3v) is 9.66. The van der Waals surface area contributed by atoms with E-state index in [4.69, 9.17) is 21.3 Å². The Balaban J connectivity index is 1.24. The number of piperidine rings is 1. The minimum absolute atomic E-state index is 0.0487. The van der Waals surface area contributed by atoms with Crippen molar-refractivity contribution in [2.24, 2.45) is 0 Å². The highest BCUT2D eigenvalue weighted by Crippen LogP contribution is 2.54. The Kier molecular flexibility index (Phi) is 7.35. The third-order valence-electron chi connectivity index (χ3n) is 9.35. The average molecular weight is 584 g/mol. The van der Waals surface area contributed by atoms with E-state index < -0.39 is 5.41 Å². The molecule has 41 heavy (non-hydrogen) atoms. The zero-order chi connectivity index (χ0) is 28.9. The molecule has 1 aromatic heterocycles. The summed E-state index contributed by atoms with van der Waals surface area (Å²) < 4.78 is 5.75. The highest BCUT2D eigenvalue weighted by molar-refractivity contribution is 6.33. The molecule has 2 saturated heterocycles. The van der Waals surface area contributed by atoms with E-state index in [-0.39, 0.29) is 17.4 Å². The lowest BCUT2D eigenvalue weighted by Crippen LogP contribution is -2.52. The molecular weight excluding hydrogens is 546 g/mol. The number of aromatic amines is 1. The van der Waals surface area contributed by atoms with Crippen LogP contribution in [-0.2, 0) is 21.4 Å². The number of piperazine rings is 1. The van der Waals surface area contributed by atoms with E-state index in [1.54, 1.807) is 14.0 Å². The van der Waals surface area contributed by atoms with Crippen LogP contribution in [0, 0.1) is 0 Å². The van der Waals surface area contributed by atoms with E-state index in [1.165, 1.54) is 0 Å². The van der Waals surface area contributed by atoms with Gasteiger partial charge in [0, 0.05) is 83.5 Å². The average Bonchev–Trinajstić information content (AvgIpc) is 3.21. The van der Waals surface area contributed by atoms with E-state index in [1.807, 2.05) is 33.9 Å². The fraction of sp³-hybridized carbons (Fsp3) is 0.586. The van der Waals surface area contributed by atoms with Crippen molar-refractivity contribution in [3.05, 3.63) is 38.6 Å². The van der Waals surface area contributed by atoms with Gasteiger partial charge in [-0.1, -0.05) is 11.6 Å². The van der Waals surface area contributed by atoms with E-state index in [0.29, 0.717) is 68.8 Å². The molecule has 1 aromatic carbocycles. The largest absolute Gasteiger partial charge is 0.495 e. The molecule has 4 aliphatic heterocycles. The first-order valence-corrected chi connectivity index (χ1v) is 14.9. The quantitative estimate of drug-likeness (QED) is 0.569. The van der Waals surface area contributed by atoms with Crippen molar-refractivity contribution < 1.29 is 14.3 Å². The first-order chi connectivity index (χ1) is 19.7. The summed E-state index contributed by atoms with van der Waals surface area (Å²) in [5.74, 6) is 2.10. The normalized spacial score (nSPS) is 20.4. The molecular formula is C29H38ClN7O4. The Morgan fingerprint density at radius 2 is 1.80 bits per heavy atom. The zero-order valence-corrected chi connectivity index (χ0v) is 24.8. The van der Waals surface area contributed by atoms with Gasteiger partial charge < -0.3 is 24.3 Å². The zero-order valence-electron chi connectivity index (χ0n) is 24.0. The molecule has 0 atom stereocenters. The molecule has 5 heterocycles. The molecule has 0 radical (unpaired) electrons. The Morgan fingerprint density at radius 1 is 1.07 bits per heavy atom. The lowest BCUT2D eigenvalue weighted by Gasteiger charge is -2.39. The number of benzene rings is 1. The standard InChI is InChI=1S/C29H38ClN7O4/c1-19(38)35-16-13-34(14-17-35)15-18-37-24-22(41-3)7-6-21(30)23(24)29(27(37)40)8-11-36(12-9-29)28-31-25-20(26(39)32-28)5-4-10-33(25)2/h6-7H,4-5,8-18H2,1-3H3,(H,31,32,39). The van der Waals surface area contributed by atoms with Crippen molar-refractivity contribution in [3.8, 4) is 5.75 Å². The second-order valence-corrected chi connectivity index (χ2v) is 12.0. The molecule has 2 amide bonds. The number of H-pyrrole nitrogens is 1. The summed E-state index contributed by atoms with van der Waals surface area (Å²) in [5.41, 5.74) is 1.50. The number of halogens is 1. The topological polar surface area (TPSA) is 105 Å². The molecule has 6 rings (SSSR count). The number of nitrogens with one attached hydrogen (secondary N) is 1.